The fraction of sp³-hybridized carbons (Fsp3) is 0.267. The van der Waals surface area contributed by atoms with Crippen LogP contribution in [0.4, 0.5) is 17.1 Å². The van der Waals surface area contributed by atoms with Gasteiger partial charge in [0.05, 0.1) is 23.5 Å². The molecule has 206 valence electrons. The third kappa shape index (κ3) is 5.30. The molecule has 0 aliphatic carbocycles. The van der Waals surface area contributed by atoms with Gasteiger partial charge in [-0.05, 0) is 61.6 Å². The van der Waals surface area contributed by atoms with Gasteiger partial charge in [-0.1, -0.05) is 22.0 Å². The molecule has 0 atom stereocenters. The van der Waals surface area contributed by atoms with Crippen molar-refractivity contribution in [3.63, 3.8) is 0 Å². The number of rotatable bonds is 6. The van der Waals surface area contributed by atoms with Gasteiger partial charge in [0, 0.05) is 60.2 Å². The summed E-state index contributed by atoms with van der Waals surface area (Å²) in [6.07, 6.45) is 0. The van der Waals surface area contributed by atoms with E-state index in [0.29, 0.717) is 29.3 Å². The first kappa shape index (κ1) is 26.4. The number of nitrogens with one attached hydrogen (secondary N) is 2. The highest BCUT2D eigenvalue weighted by atomic mass is 79.9. The Labute approximate surface area is 241 Å². The molecule has 0 saturated carbocycles. The van der Waals surface area contributed by atoms with Gasteiger partial charge in [0.1, 0.15) is 0 Å². The second-order valence-electron chi connectivity index (χ2n) is 10.2. The number of carbonyl (C=O) groups is 2. The summed E-state index contributed by atoms with van der Waals surface area (Å²) in [7, 11) is 3.91. The third-order valence-electron chi connectivity index (χ3n) is 7.49. The van der Waals surface area contributed by atoms with E-state index in [4.69, 9.17) is 9.47 Å². The monoisotopic (exact) mass is 603 g/mol. The van der Waals surface area contributed by atoms with Crippen LogP contribution < -0.4 is 25.0 Å². The molecule has 9 nitrogen and oxygen atoms in total. The quantitative estimate of drug-likeness (QED) is 0.406. The Balaban J connectivity index is 1.28. The summed E-state index contributed by atoms with van der Waals surface area (Å²) >= 11 is 3.49. The average Bonchev–Trinajstić information content (AvgIpc) is 3.55. The van der Waals surface area contributed by atoms with Crippen molar-refractivity contribution in [2.24, 2.45) is 0 Å². The lowest BCUT2D eigenvalue weighted by Gasteiger charge is -2.32. The molecule has 3 aromatic rings. The maximum Gasteiger partial charge on any atom is 0.258 e. The Kier molecular flexibility index (Phi) is 7.22. The Morgan fingerprint density at radius 1 is 1.00 bits per heavy atom. The van der Waals surface area contributed by atoms with Gasteiger partial charge in [0.25, 0.3) is 5.91 Å². The molecule has 0 aromatic heterocycles. The Morgan fingerprint density at radius 3 is 2.52 bits per heavy atom. The van der Waals surface area contributed by atoms with E-state index in [1.807, 2.05) is 60.7 Å². The SMILES string of the molecule is CN1CCN(CC(=O)N(C)c2ccc(N/C(=C3\C(=O)Nc4cc(Br)ccc43)c3ccc4c(c3)OCO4)cc2)CC1. The van der Waals surface area contributed by atoms with E-state index in [2.05, 4.69) is 43.4 Å². The number of halogens is 1. The van der Waals surface area contributed by atoms with Crippen LogP contribution in [-0.4, -0.2) is 75.2 Å². The van der Waals surface area contributed by atoms with Gasteiger partial charge in [-0.25, -0.2) is 0 Å². The van der Waals surface area contributed by atoms with Crippen molar-refractivity contribution in [1.29, 1.82) is 0 Å². The van der Waals surface area contributed by atoms with Gasteiger partial charge >= 0.3 is 0 Å². The summed E-state index contributed by atoms with van der Waals surface area (Å²) < 4.78 is 12.0. The second kappa shape index (κ2) is 11.0. The minimum absolute atomic E-state index is 0.0545. The first-order chi connectivity index (χ1) is 19.4. The van der Waals surface area contributed by atoms with Crippen LogP contribution in [0.5, 0.6) is 11.5 Å². The van der Waals surface area contributed by atoms with Crippen molar-refractivity contribution in [3.8, 4) is 11.5 Å². The minimum Gasteiger partial charge on any atom is -0.454 e. The number of anilines is 3. The third-order valence-corrected chi connectivity index (χ3v) is 7.98. The summed E-state index contributed by atoms with van der Waals surface area (Å²) in [5.74, 6) is 1.16. The number of amides is 2. The zero-order chi connectivity index (χ0) is 27.8. The van der Waals surface area contributed by atoms with Crippen LogP contribution in [0.25, 0.3) is 11.3 Å². The lowest BCUT2D eigenvalue weighted by Crippen LogP contribution is -2.48. The smallest absolute Gasteiger partial charge is 0.258 e. The average molecular weight is 605 g/mol. The van der Waals surface area contributed by atoms with Crippen molar-refractivity contribution in [2.75, 3.05) is 69.1 Å². The number of hydrogen-bond donors (Lipinski definition) is 2. The highest BCUT2D eigenvalue weighted by Crippen LogP contribution is 2.41. The molecule has 2 amide bonds. The number of ether oxygens (including phenoxy) is 2. The van der Waals surface area contributed by atoms with Crippen LogP contribution in [0, 0.1) is 0 Å². The Bertz CT molecular complexity index is 1500. The second-order valence-corrected chi connectivity index (χ2v) is 11.1. The van der Waals surface area contributed by atoms with E-state index in [1.165, 1.54) is 0 Å². The largest absolute Gasteiger partial charge is 0.454 e. The standard InChI is InChI=1S/C30H30BrN5O4/c1-34-11-13-36(14-12-34)17-27(37)35(2)22-7-5-21(6-8-22)32-29(19-3-10-25-26(15-19)40-18-39-25)28-23-9-4-20(31)16-24(23)33-30(28)38/h3-10,15-16,32H,11-14,17-18H2,1-2H3,(H,33,38)/b29-28-. The van der Waals surface area contributed by atoms with Crippen LogP contribution in [0.2, 0.25) is 0 Å². The van der Waals surface area contributed by atoms with Gasteiger partial charge in [-0.15, -0.1) is 0 Å². The van der Waals surface area contributed by atoms with Crippen LogP contribution in [-0.2, 0) is 9.59 Å². The molecule has 40 heavy (non-hydrogen) atoms. The van der Waals surface area contributed by atoms with Gasteiger partial charge in [0.2, 0.25) is 12.7 Å². The van der Waals surface area contributed by atoms with Crippen molar-refractivity contribution >= 4 is 56.1 Å². The van der Waals surface area contributed by atoms with Crippen molar-refractivity contribution in [2.45, 2.75) is 0 Å². The summed E-state index contributed by atoms with van der Waals surface area (Å²) in [6.45, 7) is 4.29. The van der Waals surface area contributed by atoms with E-state index in [0.717, 1.165) is 58.8 Å². The minimum atomic E-state index is -0.195. The summed E-state index contributed by atoms with van der Waals surface area (Å²) in [6, 6.07) is 19.0. The molecule has 3 aliphatic heterocycles. The van der Waals surface area contributed by atoms with Crippen molar-refractivity contribution in [1.82, 2.24) is 9.80 Å². The van der Waals surface area contributed by atoms with Gasteiger partial charge in [-0.2, -0.15) is 0 Å². The lowest BCUT2D eigenvalue weighted by molar-refractivity contribution is -0.119. The van der Waals surface area contributed by atoms with Gasteiger partial charge in [0.15, 0.2) is 11.5 Å². The van der Waals surface area contributed by atoms with E-state index in [9.17, 15) is 9.59 Å². The van der Waals surface area contributed by atoms with Crippen molar-refractivity contribution < 1.29 is 19.1 Å². The Morgan fingerprint density at radius 2 is 1.75 bits per heavy atom. The van der Waals surface area contributed by atoms with Crippen LogP contribution >= 0.6 is 15.9 Å². The lowest BCUT2D eigenvalue weighted by atomic mass is 9.99. The fourth-order valence-corrected chi connectivity index (χ4v) is 5.45. The molecule has 1 saturated heterocycles. The van der Waals surface area contributed by atoms with Gasteiger partial charge < -0.3 is 29.9 Å². The highest BCUT2D eigenvalue weighted by molar-refractivity contribution is 9.10. The number of carbonyl (C=O) groups excluding carboxylic acids is 2. The van der Waals surface area contributed by atoms with E-state index in [1.54, 1.807) is 11.9 Å². The first-order valence-corrected chi connectivity index (χ1v) is 13.9. The van der Waals surface area contributed by atoms with E-state index in [-0.39, 0.29) is 18.6 Å². The van der Waals surface area contributed by atoms with Gasteiger partial charge in [-0.3, -0.25) is 14.5 Å². The molecule has 0 radical (unpaired) electrons. The topological polar surface area (TPSA) is 86.4 Å². The number of benzene rings is 3. The molecule has 1 fully saturated rings. The molecular formula is C30H30BrN5O4. The molecule has 6 rings (SSSR count). The van der Waals surface area contributed by atoms with Crippen LogP contribution in [0.1, 0.15) is 11.1 Å². The normalized spacial score (nSPS) is 17.8. The van der Waals surface area contributed by atoms with Crippen LogP contribution in [0.15, 0.2) is 65.1 Å². The number of likely N-dealkylation sites (N-methyl/N-ethyl adjacent to an activating group) is 2. The summed E-state index contributed by atoms with van der Waals surface area (Å²) in [5, 5.41) is 6.45. The fourth-order valence-electron chi connectivity index (χ4n) is 5.08. The number of piperazine rings is 1. The first-order valence-electron chi connectivity index (χ1n) is 13.2. The number of fused-ring (bicyclic) bond motifs is 2. The van der Waals surface area contributed by atoms with Crippen LogP contribution in [0.3, 0.4) is 0 Å². The number of hydrogen-bond acceptors (Lipinski definition) is 7. The summed E-state index contributed by atoms with van der Waals surface area (Å²) in [5.41, 5.74) is 5.09. The zero-order valence-corrected chi connectivity index (χ0v) is 24.0. The molecule has 10 heteroatoms. The number of nitrogens with zero attached hydrogens (tertiary/aromatic N) is 3. The van der Waals surface area contributed by atoms with Crippen molar-refractivity contribution in [3.05, 3.63) is 76.3 Å². The summed E-state index contributed by atoms with van der Waals surface area (Å²) in [4.78, 5) is 32.4. The molecule has 3 aromatic carbocycles. The molecule has 0 spiro atoms. The Hall–Kier alpha value is -3.86. The van der Waals surface area contributed by atoms with E-state index >= 15 is 0 Å². The molecule has 0 bridgehead atoms. The molecule has 0 unspecified atom stereocenters. The molecular weight excluding hydrogens is 574 g/mol. The molecule has 3 aliphatic rings. The highest BCUT2D eigenvalue weighted by Gasteiger charge is 2.29. The molecule has 3 heterocycles. The van der Waals surface area contributed by atoms with E-state index < -0.39 is 0 Å². The maximum atomic E-state index is 13.3. The maximum absolute atomic E-state index is 13.3. The zero-order valence-electron chi connectivity index (χ0n) is 22.4. The predicted molar refractivity (Wildman–Crippen MR) is 160 cm³/mol. The molecule has 2 N–H and O–H groups in total. The predicted octanol–water partition coefficient (Wildman–Crippen LogP) is 4.32.